The van der Waals surface area contributed by atoms with E-state index >= 15 is 0 Å². The maximum Gasteiger partial charge on any atom is 0.0252 e. The van der Waals surface area contributed by atoms with E-state index in [1.165, 1.54) is 32.2 Å². The Morgan fingerprint density at radius 1 is 1.27 bits per heavy atom. The Kier molecular flexibility index (Phi) is 3.68. The van der Waals surface area contributed by atoms with Crippen molar-refractivity contribution in [1.82, 2.24) is 10.2 Å². The van der Waals surface area contributed by atoms with Crippen LogP contribution in [0.5, 0.6) is 0 Å². The van der Waals surface area contributed by atoms with Gasteiger partial charge in [0, 0.05) is 24.7 Å². The first-order chi connectivity index (χ1) is 7.22. The van der Waals surface area contributed by atoms with Crippen LogP contribution in [-0.2, 0) is 0 Å². The molecule has 1 N–H and O–H groups in total. The monoisotopic (exact) mass is 210 g/mol. The van der Waals surface area contributed by atoms with Gasteiger partial charge < -0.3 is 5.32 Å². The van der Waals surface area contributed by atoms with Crippen LogP contribution in [0.4, 0.5) is 0 Å². The topological polar surface area (TPSA) is 15.3 Å². The second-order valence-corrected chi connectivity index (χ2v) is 5.55. The summed E-state index contributed by atoms with van der Waals surface area (Å²) in [6.45, 7) is 9.48. The molecular weight excluding hydrogens is 184 g/mol. The van der Waals surface area contributed by atoms with Gasteiger partial charge in [0.2, 0.25) is 0 Å². The average Bonchev–Trinajstić information content (AvgIpc) is 2.73. The van der Waals surface area contributed by atoms with Crippen LogP contribution in [0.15, 0.2) is 0 Å². The molecule has 0 radical (unpaired) electrons. The molecule has 2 aliphatic rings. The van der Waals surface area contributed by atoms with E-state index in [9.17, 15) is 0 Å². The second-order valence-electron chi connectivity index (χ2n) is 5.55. The standard InChI is InChI=1S/C13H26N2/c1-4-14-12-6-5-7-13(12)15-9-10(2)8-11(15)3/h10-14H,4-9H2,1-3H3. The van der Waals surface area contributed by atoms with Crippen LogP contribution >= 0.6 is 0 Å². The smallest absolute Gasteiger partial charge is 0.0252 e. The molecule has 0 aromatic carbocycles. The Labute approximate surface area is 94.4 Å². The van der Waals surface area contributed by atoms with Crippen molar-refractivity contribution < 1.29 is 0 Å². The van der Waals surface area contributed by atoms with Crippen molar-refractivity contribution in [3.8, 4) is 0 Å². The lowest BCUT2D eigenvalue weighted by atomic mass is 10.1. The van der Waals surface area contributed by atoms with E-state index in [-0.39, 0.29) is 0 Å². The van der Waals surface area contributed by atoms with Crippen molar-refractivity contribution in [2.24, 2.45) is 5.92 Å². The number of nitrogens with one attached hydrogen (secondary N) is 1. The summed E-state index contributed by atoms with van der Waals surface area (Å²) in [5, 5.41) is 3.67. The molecule has 1 saturated carbocycles. The maximum atomic E-state index is 3.67. The van der Waals surface area contributed by atoms with Gasteiger partial charge in [-0.3, -0.25) is 4.90 Å². The molecule has 1 saturated heterocycles. The molecule has 0 aromatic heterocycles. The Hall–Kier alpha value is -0.0800. The van der Waals surface area contributed by atoms with Crippen LogP contribution in [0, 0.1) is 5.92 Å². The third-order valence-electron chi connectivity index (χ3n) is 4.20. The molecule has 0 bridgehead atoms. The molecule has 0 aromatic rings. The highest BCUT2D eigenvalue weighted by atomic mass is 15.2. The second kappa shape index (κ2) is 4.84. The van der Waals surface area contributed by atoms with Gasteiger partial charge >= 0.3 is 0 Å². The van der Waals surface area contributed by atoms with Gasteiger partial charge in [0.1, 0.15) is 0 Å². The first-order valence-corrected chi connectivity index (χ1v) is 6.71. The molecule has 4 unspecified atom stereocenters. The van der Waals surface area contributed by atoms with Crippen molar-refractivity contribution >= 4 is 0 Å². The molecule has 2 nitrogen and oxygen atoms in total. The lowest BCUT2D eigenvalue weighted by molar-refractivity contribution is 0.164. The van der Waals surface area contributed by atoms with Crippen molar-refractivity contribution in [3.05, 3.63) is 0 Å². The fraction of sp³-hybridized carbons (Fsp3) is 1.00. The minimum atomic E-state index is 0.766. The normalized spacial score (nSPS) is 42.6. The van der Waals surface area contributed by atoms with Crippen LogP contribution in [0.25, 0.3) is 0 Å². The van der Waals surface area contributed by atoms with Crippen molar-refractivity contribution in [3.63, 3.8) is 0 Å². The molecule has 0 amide bonds. The summed E-state index contributed by atoms with van der Waals surface area (Å²) in [6, 6.07) is 2.40. The first kappa shape index (κ1) is 11.4. The highest BCUT2D eigenvalue weighted by Gasteiger charge is 2.37. The molecule has 4 atom stereocenters. The summed E-state index contributed by atoms with van der Waals surface area (Å²) in [5.41, 5.74) is 0. The van der Waals surface area contributed by atoms with Gasteiger partial charge in [0.25, 0.3) is 0 Å². The minimum absolute atomic E-state index is 0.766. The lowest BCUT2D eigenvalue weighted by Crippen LogP contribution is -2.48. The minimum Gasteiger partial charge on any atom is -0.313 e. The summed E-state index contributed by atoms with van der Waals surface area (Å²) in [7, 11) is 0. The fourth-order valence-electron chi connectivity index (χ4n) is 3.63. The Morgan fingerprint density at radius 2 is 2.07 bits per heavy atom. The van der Waals surface area contributed by atoms with Crippen LogP contribution in [0.1, 0.15) is 46.5 Å². The summed E-state index contributed by atoms with van der Waals surface area (Å²) in [6.07, 6.45) is 5.61. The van der Waals surface area contributed by atoms with Gasteiger partial charge in [-0.05, 0) is 38.6 Å². The zero-order valence-electron chi connectivity index (χ0n) is 10.5. The fourth-order valence-corrected chi connectivity index (χ4v) is 3.63. The lowest BCUT2D eigenvalue weighted by Gasteiger charge is -2.33. The maximum absolute atomic E-state index is 3.67. The number of hydrogen-bond acceptors (Lipinski definition) is 2. The van der Waals surface area contributed by atoms with Gasteiger partial charge in [-0.25, -0.2) is 0 Å². The van der Waals surface area contributed by atoms with Crippen LogP contribution in [0.3, 0.4) is 0 Å². The number of nitrogens with zero attached hydrogens (tertiary/aromatic N) is 1. The summed E-state index contributed by atoms with van der Waals surface area (Å²) in [4.78, 5) is 2.77. The van der Waals surface area contributed by atoms with Gasteiger partial charge in [-0.2, -0.15) is 0 Å². The number of likely N-dealkylation sites (N-methyl/N-ethyl adjacent to an activating group) is 1. The van der Waals surface area contributed by atoms with Crippen LogP contribution < -0.4 is 5.32 Å². The van der Waals surface area contributed by atoms with Crippen LogP contribution in [0.2, 0.25) is 0 Å². The van der Waals surface area contributed by atoms with Crippen LogP contribution in [-0.4, -0.2) is 36.1 Å². The Balaban J connectivity index is 1.96. The zero-order valence-corrected chi connectivity index (χ0v) is 10.5. The number of likely N-dealkylation sites (tertiary alicyclic amines) is 1. The van der Waals surface area contributed by atoms with Crippen molar-refractivity contribution in [2.75, 3.05) is 13.1 Å². The quantitative estimate of drug-likeness (QED) is 0.768. The zero-order chi connectivity index (χ0) is 10.8. The summed E-state index contributed by atoms with van der Waals surface area (Å²) < 4.78 is 0. The molecule has 2 rings (SSSR count). The molecule has 1 aliphatic heterocycles. The molecular formula is C13H26N2. The summed E-state index contributed by atoms with van der Waals surface area (Å²) in [5.74, 6) is 0.905. The number of rotatable bonds is 3. The molecule has 88 valence electrons. The average molecular weight is 210 g/mol. The van der Waals surface area contributed by atoms with E-state index in [1.807, 2.05) is 0 Å². The van der Waals surface area contributed by atoms with E-state index in [2.05, 4.69) is 31.0 Å². The molecule has 2 fully saturated rings. The Bertz CT molecular complexity index is 205. The van der Waals surface area contributed by atoms with E-state index < -0.39 is 0 Å². The highest BCUT2D eigenvalue weighted by molar-refractivity contribution is 4.95. The first-order valence-electron chi connectivity index (χ1n) is 6.71. The van der Waals surface area contributed by atoms with Crippen molar-refractivity contribution in [2.45, 2.75) is 64.6 Å². The van der Waals surface area contributed by atoms with Gasteiger partial charge in [0.05, 0.1) is 0 Å². The van der Waals surface area contributed by atoms with Gasteiger partial charge in [0.15, 0.2) is 0 Å². The summed E-state index contributed by atoms with van der Waals surface area (Å²) >= 11 is 0. The molecule has 2 heteroatoms. The van der Waals surface area contributed by atoms with E-state index in [0.29, 0.717) is 0 Å². The van der Waals surface area contributed by atoms with E-state index in [1.54, 1.807) is 0 Å². The number of hydrogen-bond donors (Lipinski definition) is 1. The predicted molar refractivity (Wildman–Crippen MR) is 65.1 cm³/mol. The third-order valence-corrected chi connectivity index (χ3v) is 4.20. The molecule has 1 heterocycles. The highest BCUT2D eigenvalue weighted by Crippen LogP contribution is 2.32. The predicted octanol–water partition coefficient (Wildman–Crippen LogP) is 2.25. The largest absolute Gasteiger partial charge is 0.313 e. The SMILES string of the molecule is CCNC1CCCC1N1CC(C)CC1C. The Morgan fingerprint density at radius 3 is 2.67 bits per heavy atom. The molecule has 1 aliphatic carbocycles. The third kappa shape index (κ3) is 2.36. The van der Waals surface area contributed by atoms with E-state index in [0.717, 1.165) is 30.6 Å². The molecule has 15 heavy (non-hydrogen) atoms. The van der Waals surface area contributed by atoms with Crippen molar-refractivity contribution in [1.29, 1.82) is 0 Å². The van der Waals surface area contributed by atoms with Gasteiger partial charge in [-0.15, -0.1) is 0 Å². The van der Waals surface area contributed by atoms with E-state index in [4.69, 9.17) is 0 Å². The molecule has 0 spiro atoms. The van der Waals surface area contributed by atoms with Gasteiger partial charge in [-0.1, -0.05) is 20.3 Å².